The normalized spacial score (nSPS) is 21.0. The van der Waals surface area contributed by atoms with Crippen molar-refractivity contribution >= 4 is 11.4 Å². The molecule has 6 nitrogen and oxygen atoms in total. The second-order valence-corrected chi connectivity index (χ2v) is 6.09. The van der Waals surface area contributed by atoms with Crippen molar-refractivity contribution in [2.45, 2.75) is 18.6 Å². The molecule has 9 heteroatoms. The van der Waals surface area contributed by atoms with Gasteiger partial charge in [-0.1, -0.05) is 0 Å². The molecular weight excluding hydrogens is 333 g/mol. The number of rotatable bonds is 3. The number of hydrogen-bond donors (Lipinski definition) is 3. The zero-order chi connectivity index (χ0) is 17.4. The summed E-state index contributed by atoms with van der Waals surface area (Å²) in [6.45, 7) is 2.35. The number of aromatic nitrogens is 2. The molecule has 0 aliphatic carbocycles. The third kappa shape index (κ3) is 3.19. The second-order valence-electron chi connectivity index (χ2n) is 6.09. The van der Waals surface area contributed by atoms with Gasteiger partial charge >= 0.3 is 6.18 Å². The quantitative estimate of drug-likeness (QED) is 0.785. The van der Waals surface area contributed by atoms with Crippen molar-refractivity contribution in [1.82, 2.24) is 25.3 Å². The molecule has 1 atom stereocenters. The van der Waals surface area contributed by atoms with E-state index < -0.39 is 11.7 Å². The molecule has 4 heterocycles. The second kappa shape index (κ2) is 6.07. The van der Waals surface area contributed by atoms with Crippen LogP contribution in [0.5, 0.6) is 0 Å². The predicted octanol–water partition coefficient (Wildman–Crippen LogP) is 1.50. The number of hydrogen-bond acceptors (Lipinski definition) is 5. The van der Waals surface area contributed by atoms with Gasteiger partial charge in [-0.05, 0) is 25.1 Å². The summed E-state index contributed by atoms with van der Waals surface area (Å²) in [5, 5.41) is 9.79. The van der Waals surface area contributed by atoms with Crippen LogP contribution in [0.1, 0.15) is 17.7 Å². The fraction of sp³-hybridized carbons (Fsp3) is 0.375. The highest BCUT2D eigenvalue weighted by Gasteiger charge is 2.31. The third-order valence-corrected chi connectivity index (χ3v) is 4.31. The molecular formula is C16H17F3N6. The summed E-state index contributed by atoms with van der Waals surface area (Å²) in [6.07, 6.45) is 1.39. The van der Waals surface area contributed by atoms with Gasteiger partial charge in [0, 0.05) is 25.0 Å². The monoisotopic (exact) mass is 350 g/mol. The van der Waals surface area contributed by atoms with Crippen molar-refractivity contribution in [2.24, 2.45) is 4.99 Å². The molecule has 2 aromatic rings. The van der Waals surface area contributed by atoms with Crippen LogP contribution in [-0.4, -0.2) is 40.8 Å². The largest absolute Gasteiger partial charge is 0.416 e. The number of nitrogens with one attached hydrogen (secondary N) is 3. The van der Waals surface area contributed by atoms with Gasteiger partial charge in [0.25, 0.3) is 0 Å². The maximum atomic E-state index is 12.8. The first-order chi connectivity index (χ1) is 12.0. The highest BCUT2D eigenvalue weighted by Crippen LogP contribution is 2.29. The number of nitrogens with zero attached hydrogens (tertiary/aromatic N) is 3. The van der Waals surface area contributed by atoms with Crippen molar-refractivity contribution in [3.63, 3.8) is 0 Å². The Morgan fingerprint density at radius 1 is 1.32 bits per heavy atom. The Labute approximate surface area is 141 Å². The van der Waals surface area contributed by atoms with Gasteiger partial charge in [-0.15, -0.1) is 0 Å². The van der Waals surface area contributed by atoms with E-state index in [9.17, 15) is 13.2 Å². The summed E-state index contributed by atoms with van der Waals surface area (Å²) < 4.78 is 40.1. The maximum Gasteiger partial charge on any atom is 0.416 e. The lowest BCUT2D eigenvalue weighted by Crippen LogP contribution is -2.34. The lowest BCUT2D eigenvalue weighted by Gasteiger charge is -2.18. The number of pyridine rings is 1. The van der Waals surface area contributed by atoms with E-state index in [0.717, 1.165) is 43.2 Å². The van der Waals surface area contributed by atoms with Gasteiger partial charge in [-0.2, -0.15) is 13.2 Å². The number of imidazole rings is 1. The van der Waals surface area contributed by atoms with E-state index >= 15 is 0 Å². The Hall–Kier alpha value is -2.55. The van der Waals surface area contributed by atoms with E-state index in [1.165, 1.54) is 6.20 Å². The average molecular weight is 350 g/mol. The summed E-state index contributed by atoms with van der Waals surface area (Å²) in [4.78, 5) is 8.70. The third-order valence-electron chi connectivity index (χ3n) is 4.31. The van der Waals surface area contributed by atoms with Crippen LogP contribution in [0, 0.1) is 0 Å². The van der Waals surface area contributed by atoms with Gasteiger partial charge in [-0.3, -0.25) is 4.40 Å². The van der Waals surface area contributed by atoms with Crippen molar-refractivity contribution < 1.29 is 13.2 Å². The van der Waals surface area contributed by atoms with E-state index in [0.29, 0.717) is 18.3 Å². The Morgan fingerprint density at radius 2 is 2.20 bits per heavy atom. The Balaban J connectivity index is 1.62. The number of alkyl halides is 3. The average Bonchev–Trinajstić information content (AvgIpc) is 3.23. The smallest absolute Gasteiger partial charge is 0.382 e. The highest BCUT2D eigenvalue weighted by atomic mass is 19.4. The molecule has 0 saturated carbocycles. The zero-order valence-electron chi connectivity index (χ0n) is 13.3. The van der Waals surface area contributed by atoms with Crippen molar-refractivity contribution in [3.05, 3.63) is 47.8 Å². The molecule has 0 spiro atoms. The van der Waals surface area contributed by atoms with Crippen LogP contribution in [0.2, 0.25) is 0 Å². The van der Waals surface area contributed by atoms with Gasteiger partial charge in [0.15, 0.2) is 0 Å². The van der Waals surface area contributed by atoms with E-state index in [1.807, 2.05) is 6.20 Å². The minimum absolute atomic E-state index is 0.247. The lowest BCUT2D eigenvalue weighted by atomic mass is 10.2. The fourth-order valence-electron chi connectivity index (χ4n) is 3.04. The van der Waals surface area contributed by atoms with E-state index in [2.05, 4.69) is 25.9 Å². The van der Waals surface area contributed by atoms with Gasteiger partial charge in [0.2, 0.25) is 0 Å². The molecule has 2 aliphatic heterocycles. The van der Waals surface area contributed by atoms with Crippen LogP contribution in [0.25, 0.3) is 5.65 Å². The van der Waals surface area contributed by atoms with Crippen LogP contribution in [0.4, 0.5) is 13.2 Å². The summed E-state index contributed by atoms with van der Waals surface area (Å²) in [5.74, 6) is 0.719. The van der Waals surface area contributed by atoms with E-state index in [4.69, 9.17) is 0 Å². The first-order valence-electron chi connectivity index (χ1n) is 8.04. The standard InChI is InChI=1S/C16H17F3N6/c17-16(18,19)10-2-4-25-13(8-22-15(25)5-10)12-7-21-9-14(24-12)23-11-1-3-20-6-11/h2,4-5,8-9,11,20-21,23H,1,3,6-7H2. The van der Waals surface area contributed by atoms with Crippen LogP contribution >= 0.6 is 0 Å². The molecule has 2 aliphatic rings. The minimum Gasteiger partial charge on any atom is -0.382 e. The minimum atomic E-state index is -4.38. The SMILES string of the molecule is FC(F)(F)c1ccn2c(C3=NC(NC4CCNC4)=CNC3)cnc2c1. The Kier molecular flexibility index (Phi) is 3.87. The molecule has 25 heavy (non-hydrogen) atoms. The van der Waals surface area contributed by atoms with Crippen LogP contribution in [-0.2, 0) is 6.18 Å². The van der Waals surface area contributed by atoms with Crippen molar-refractivity contribution in [3.8, 4) is 0 Å². The molecule has 2 aromatic heterocycles. The Morgan fingerprint density at radius 3 is 2.96 bits per heavy atom. The molecule has 4 rings (SSSR count). The first-order valence-corrected chi connectivity index (χ1v) is 8.04. The van der Waals surface area contributed by atoms with Crippen LogP contribution in [0.15, 0.2) is 41.5 Å². The molecule has 1 unspecified atom stereocenters. The topological polar surface area (TPSA) is 65.8 Å². The van der Waals surface area contributed by atoms with Gasteiger partial charge in [0.1, 0.15) is 11.5 Å². The molecule has 1 fully saturated rings. The van der Waals surface area contributed by atoms with Crippen molar-refractivity contribution in [2.75, 3.05) is 19.6 Å². The van der Waals surface area contributed by atoms with Crippen molar-refractivity contribution in [1.29, 1.82) is 0 Å². The summed E-state index contributed by atoms with van der Waals surface area (Å²) in [7, 11) is 0. The van der Waals surface area contributed by atoms with Gasteiger partial charge < -0.3 is 16.0 Å². The zero-order valence-corrected chi connectivity index (χ0v) is 13.3. The number of aliphatic imine (C=N–C) groups is 1. The summed E-state index contributed by atoms with van der Waals surface area (Å²) >= 11 is 0. The van der Waals surface area contributed by atoms with Crippen LogP contribution < -0.4 is 16.0 Å². The molecule has 0 amide bonds. The molecule has 0 radical (unpaired) electrons. The van der Waals surface area contributed by atoms with Gasteiger partial charge in [-0.25, -0.2) is 9.98 Å². The maximum absolute atomic E-state index is 12.8. The lowest BCUT2D eigenvalue weighted by molar-refractivity contribution is -0.137. The predicted molar refractivity (Wildman–Crippen MR) is 87.2 cm³/mol. The van der Waals surface area contributed by atoms with Gasteiger partial charge in [0.05, 0.1) is 29.7 Å². The molecule has 0 aromatic carbocycles. The molecule has 1 saturated heterocycles. The fourth-order valence-corrected chi connectivity index (χ4v) is 3.04. The van der Waals surface area contributed by atoms with E-state index in [-0.39, 0.29) is 5.65 Å². The number of fused-ring (bicyclic) bond motifs is 1. The number of halogens is 3. The molecule has 132 valence electrons. The molecule has 3 N–H and O–H groups in total. The van der Waals surface area contributed by atoms with Crippen LogP contribution in [0.3, 0.4) is 0 Å². The van der Waals surface area contributed by atoms with E-state index in [1.54, 1.807) is 10.6 Å². The summed E-state index contributed by atoms with van der Waals surface area (Å²) in [6, 6.07) is 2.42. The Bertz CT molecular complexity index is 845. The summed E-state index contributed by atoms with van der Waals surface area (Å²) in [5.41, 5.74) is 0.935. The molecule has 0 bridgehead atoms. The highest BCUT2D eigenvalue weighted by molar-refractivity contribution is 6.02. The first kappa shape index (κ1) is 15.9.